The minimum Gasteiger partial charge on any atom is -0.285 e. The van der Waals surface area contributed by atoms with Gasteiger partial charge in [0.1, 0.15) is 0 Å². The van der Waals surface area contributed by atoms with Gasteiger partial charge in [0.25, 0.3) is 0 Å². The topological polar surface area (TPSA) is 12.4 Å². The van der Waals surface area contributed by atoms with E-state index >= 15 is 0 Å². The van der Waals surface area contributed by atoms with Crippen LogP contribution in [-0.2, 0) is 0 Å². The summed E-state index contributed by atoms with van der Waals surface area (Å²) in [6.07, 6.45) is 11.5. The molecule has 2 aromatic carbocycles. The van der Waals surface area contributed by atoms with Crippen molar-refractivity contribution in [2.45, 2.75) is 31.7 Å². The second kappa shape index (κ2) is 7.74. The number of benzene rings is 2. The predicted octanol–water partition coefficient (Wildman–Crippen LogP) is 5.70. The fourth-order valence-corrected chi connectivity index (χ4v) is 3.26. The van der Waals surface area contributed by atoms with Crippen LogP contribution in [0.15, 0.2) is 71.7 Å². The van der Waals surface area contributed by atoms with Gasteiger partial charge in [-0.15, -0.1) is 0 Å². The lowest BCUT2D eigenvalue weighted by molar-refractivity contribution is 0.448. The van der Waals surface area contributed by atoms with Crippen molar-refractivity contribution in [3.63, 3.8) is 0 Å². The lowest BCUT2D eigenvalue weighted by Gasteiger charge is -2.19. The van der Waals surface area contributed by atoms with E-state index < -0.39 is 0 Å². The third-order valence-electron chi connectivity index (χ3n) is 4.41. The summed E-state index contributed by atoms with van der Waals surface area (Å²) < 4.78 is 0. The molecule has 1 aliphatic carbocycles. The van der Waals surface area contributed by atoms with Crippen molar-refractivity contribution in [2.75, 3.05) is 0 Å². The summed E-state index contributed by atoms with van der Waals surface area (Å²) in [6.45, 7) is 0. The molecule has 0 heterocycles. The standard InChI is InChI=1S/C21H23N/c1-3-10-18(11-4-1)12-9-17-22-21(20-15-7-8-16-20)19-13-5-2-6-14-19/h1-6,9-14,17,20-21H,7-8,15-16H2. The molecular formula is C21H23N. The summed E-state index contributed by atoms with van der Waals surface area (Å²) in [6, 6.07) is 21.4. The summed E-state index contributed by atoms with van der Waals surface area (Å²) in [5.74, 6) is 0.698. The summed E-state index contributed by atoms with van der Waals surface area (Å²) in [4.78, 5) is 4.88. The first-order valence-electron chi connectivity index (χ1n) is 8.23. The van der Waals surface area contributed by atoms with Crippen molar-refractivity contribution < 1.29 is 0 Å². The molecule has 1 heteroatoms. The second-order valence-electron chi connectivity index (χ2n) is 5.97. The van der Waals surface area contributed by atoms with Gasteiger partial charge in [-0.3, -0.25) is 4.99 Å². The van der Waals surface area contributed by atoms with Crippen LogP contribution in [0.3, 0.4) is 0 Å². The van der Waals surface area contributed by atoms with Crippen LogP contribution in [0.1, 0.15) is 42.9 Å². The molecular weight excluding hydrogens is 266 g/mol. The number of hydrogen-bond donors (Lipinski definition) is 0. The lowest BCUT2D eigenvalue weighted by Crippen LogP contribution is -2.07. The quantitative estimate of drug-likeness (QED) is 0.626. The SMILES string of the molecule is C(=Cc1ccccc1)C=NC(c1ccccc1)C1CCCC1. The average molecular weight is 289 g/mol. The predicted molar refractivity (Wildman–Crippen MR) is 95.1 cm³/mol. The molecule has 0 spiro atoms. The fourth-order valence-electron chi connectivity index (χ4n) is 3.26. The van der Waals surface area contributed by atoms with Gasteiger partial charge in [-0.25, -0.2) is 0 Å². The Labute approximate surface area is 133 Å². The summed E-state index contributed by atoms with van der Waals surface area (Å²) >= 11 is 0. The minimum absolute atomic E-state index is 0.309. The number of allylic oxidation sites excluding steroid dienone is 1. The van der Waals surface area contributed by atoms with Gasteiger partial charge in [0.15, 0.2) is 0 Å². The van der Waals surface area contributed by atoms with Crippen LogP contribution in [-0.4, -0.2) is 6.21 Å². The Kier molecular flexibility index (Phi) is 5.20. The molecule has 0 aromatic heterocycles. The van der Waals surface area contributed by atoms with E-state index in [2.05, 4.69) is 66.7 Å². The Morgan fingerprint density at radius 3 is 2.18 bits per heavy atom. The molecule has 1 saturated carbocycles. The Balaban J connectivity index is 1.72. The van der Waals surface area contributed by atoms with Crippen LogP contribution in [0, 0.1) is 5.92 Å². The van der Waals surface area contributed by atoms with Gasteiger partial charge < -0.3 is 0 Å². The maximum atomic E-state index is 4.88. The molecule has 112 valence electrons. The number of nitrogens with zero attached hydrogens (tertiary/aromatic N) is 1. The fraction of sp³-hybridized carbons (Fsp3) is 0.286. The molecule has 1 fully saturated rings. The second-order valence-corrected chi connectivity index (χ2v) is 5.97. The molecule has 2 aromatic rings. The minimum atomic E-state index is 0.309. The first kappa shape index (κ1) is 14.8. The molecule has 0 aliphatic heterocycles. The maximum Gasteiger partial charge on any atom is 0.0777 e. The van der Waals surface area contributed by atoms with Crippen molar-refractivity contribution in [2.24, 2.45) is 10.9 Å². The van der Waals surface area contributed by atoms with Crippen molar-refractivity contribution in [3.05, 3.63) is 77.9 Å². The van der Waals surface area contributed by atoms with Gasteiger partial charge >= 0.3 is 0 Å². The third-order valence-corrected chi connectivity index (χ3v) is 4.41. The van der Waals surface area contributed by atoms with E-state index in [1.54, 1.807) is 0 Å². The van der Waals surface area contributed by atoms with Gasteiger partial charge in [-0.05, 0) is 36.0 Å². The van der Waals surface area contributed by atoms with Crippen LogP contribution in [0.25, 0.3) is 6.08 Å². The van der Waals surface area contributed by atoms with E-state index in [0.29, 0.717) is 12.0 Å². The van der Waals surface area contributed by atoms with Crippen molar-refractivity contribution in [3.8, 4) is 0 Å². The van der Waals surface area contributed by atoms with Crippen LogP contribution in [0.4, 0.5) is 0 Å². The number of hydrogen-bond acceptors (Lipinski definition) is 1. The normalized spacial score (nSPS) is 17.5. The van der Waals surface area contributed by atoms with E-state index in [0.717, 1.165) is 0 Å². The first-order chi connectivity index (χ1) is 10.9. The highest BCUT2D eigenvalue weighted by molar-refractivity contribution is 5.78. The van der Waals surface area contributed by atoms with Crippen LogP contribution in [0.5, 0.6) is 0 Å². The Hall–Kier alpha value is -2.15. The van der Waals surface area contributed by atoms with Crippen molar-refractivity contribution >= 4 is 12.3 Å². The molecule has 1 aliphatic rings. The van der Waals surface area contributed by atoms with Gasteiger partial charge in [0, 0.05) is 6.21 Å². The number of rotatable bonds is 5. The lowest BCUT2D eigenvalue weighted by atomic mass is 9.92. The molecule has 1 atom stereocenters. The van der Waals surface area contributed by atoms with Crippen LogP contribution in [0.2, 0.25) is 0 Å². The Morgan fingerprint density at radius 1 is 0.864 bits per heavy atom. The highest BCUT2D eigenvalue weighted by Gasteiger charge is 2.25. The zero-order chi connectivity index (χ0) is 15.0. The van der Waals surface area contributed by atoms with E-state index in [1.165, 1.54) is 36.8 Å². The zero-order valence-electron chi connectivity index (χ0n) is 12.9. The van der Waals surface area contributed by atoms with E-state index in [1.807, 2.05) is 12.3 Å². The van der Waals surface area contributed by atoms with Gasteiger partial charge in [0.2, 0.25) is 0 Å². The molecule has 3 rings (SSSR count). The highest BCUT2D eigenvalue weighted by atomic mass is 14.8. The largest absolute Gasteiger partial charge is 0.285 e. The smallest absolute Gasteiger partial charge is 0.0777 e. The Bertz CT molecular complexity index is 607. The van der Waals surface area contributed by atoms with Crippen LogP contribution < -0.4 is 0 Å². The molecule has 0 bridgehead atoms. The molecule has 0 radical (unpaired) electrons. The van der Waals surface area contributed by atoms with Gasteiger partial charge in [-0.1, -0.05) is 79.6 Å². The van der Waals surface area contributed by atoms with Gasteiger partial charge in [-0.2, -0.15) is 0 Å². The first-order valence-corrected chi connectivity index (χ1v) is 8.23. The summed E-state index contributed by atoms with van der Waals surface area (Å²) in [7, 11) is 0. The van der Waals surface area contributed by atoms with Crippen molar-refractivity contribution in [1.29, 1.82) is 0 Å². The molecule has 1 nitrogen and oxygen atoms in total. The summed E-state index contributed by atoms with van der Waals surface area (Å²) in [5, 5.41) is 0. The molecule has 0 amide bonds. The molecule has 0 saturated heterocycles. The summed E-state index contributed by atoms with van der Waals surface area (Å²) in [5.41, 5.74) is 2.56. The Morgan fingerprint density at radius 2 is 1.50 bits per heavy atom. The van der Waals surface area contributed by atoms with Gasteiger partial charge in [0.05, 0.1) is 6.04 Å². The third kappa shape index (κ3) is 3.94. The average Bonchev–Trinajstić information content (AvgIpc) is 3.11. The van der Waals surface area contributed by atoms with Crippen LogP contribution >= 0.6 is 0 Å². The molecule has 22 heavy (non-hydrogen) atoms. The number of aliphatic imine (C=N–C) groups is 1. The maximum absolute atomic E-state index is 4.88. The van der Waals surface area contributed by atoms with E-state index in [9.17, 15) is 0 Å². The highest BCUT2D eigenvalue weighted by Crippen LogP contribution is 2.37. The zero-order valence-corrected chi connectivity index (χ0v) is 12.9. The molecule has 0 N–H and O–H groups in total. The van der Waals surface area contributed by atoms with E-state index in [4.69, 9.17) is 4.99 Å². The molecule has 1 unspecified atom stereocenters. The van der Waals surface area contributed by atoms with E-state index in [-0.39, 0.29) is 0 Å². The monoisotopic (exact) mass is 289 g/mol. The van der Waals surface area contributed by atoms with Crippen molar-refractivity contribution in [1.82, 2.24) is 0 Å².